The van der Waals surface area contributed by atoms with E-state index in [0.717, 1.165) is 4.47 Å². The van der Waals surface area contributed by atoms with Crippen molar-refractivity contribution in [3.8, 4) is 11.5 Å². The molecule has 0 fully saturated rings. The number of rotatable bonds is 7. The third-order valence-electron chi connectivity index (χ3n) is 3.25. The number of ketones is 1. The molecule has 0 bridgehead atoms. The summed E-state index contributed by atoms with van der Waals surface area (Å²) in [6.45, 7) is 1.82. The van der Waals surface area contributed by atoms with E-state index in [0.29, 0.717) is 23.7 Å². The van der Waals surface area contributed by atoms with E-state index in [2.05, 4.69) is 15.9 Å². The first-order valence-corrected chi connectivity index (χ1v) is 8.59. The van der Waals surface area contributed by atoms with E-state index in [1.54, 1.807) is 31.2 Å². The molecule has 2 rings (SSSR count). The van der Waals surface area contributed by atoms with Gasteiger partial charge >= 0.3 is 5.97 Å². The number of hydrogen-bond acceptors (Lipinski definition) is 5. The Morgan fingerprint density at radius 2 is 1.80 bits per heavy atom. The van der Waals surface area contributed by atoms with Crippen LogP contribution in [0.1, 0.15) is 27.6 Å². The molecule has 25 heavy (non-hydrogen) atoms. The van der Waals surface area contributed by atoms with E-state index in [9.17, 15) is 9.59 Å². The van der Waals surface area contributed by atoms with Crippen LogP contribution in [-0.4, -0.2) is 32.1 Å². The van der Waals surface area contributed by atoms with Crippen molar-refractivity contribution in [2.45, 2.75) is 6.92 Å². The van der Waals surface area contributed by atoms with Crippen LogP contribution in [-0.2, 0) is 4.74 Å². The lowest BCUT2D eigenvalue weighted by Crippen LogP contribution is -2.14. The molecule has 0 saturated heterocycles. The molecule has 0 radical (unpaired) electrons. The summed E-state index contributed by atoms with van der Waals surface area (Å²) in [5, 5.41) is 0.222. The van der Waals surface area contributed by atoms with Gasteiger partial charge in [0, 0.05) is 10.0 Å². The summed E-state index contributed by atoms with van der Waals surface area (Å²) in [4.78, 5) is 24.3. The van der Waals surface area contributed by atoms with Crippen molar-refractivity contribution in [1.82, 2.24) is 0 Å². The highest BCUT2D eigenvalue weighted by molar-refractivity contribution is 9.10. The maximum absolute atomic E-state index is 12.2. The van der Waals surface area contributed by atoms with Gasteiger partial charge in [-0.1, -0.05) is 39.7 Å². The van der Waals surface area contributed by atoms with Crippen LogP contribution in [0.4, 0.5) is 0 Å². The fourth-order valence-corrected chi connectivity index (χ4v) is 2.63. The van der Waals surface area contributed by atoms with Gasteiger partial charge in [0.05, 0.1) is 24.3 Å². The van der Waals surface area contributed by atoms with Crippen molar-refractivity contribution in [2.24, 2.45) is 0 Å². The average Bonchev–Trinajstić information content (AvgIpc) is 2.60. The van der Waals surface area contributed by atoms with E-state index in [1.165, 1.54) is 19.2 Å². The predicted octanol–water partition coefficient (Wildman–Crippen LogP) is 4.55. The number of halogens is 2. The van der Waals surface area contributed by atoms with E-state index in [1.807, 2.05) is 0 Å². The van der Waals surface area contributed by atoms with Crippen LogP contribution >= 0.6 is 27.5 Å². The van der Waals surface area contributed by atoms with Gasteiger partial charge in [0.1, 0.15) is 0 Å². The summed E-state index contributed by atoms with van der Waals surface area (Å²) in [6, 6.07) is 9.67. The zero-order valence-electron chi connectivity index (χ0n) is 13.7. The highest BCUT2D eigenvalue weighted by Crippen LogP contribution is 2.36. The van der Waals surface area contributed by atoms with Crippen LogP contribution in [0, 0.1) is 0 Å². The minimum atomic E-state index is -0.670. The third-order valence-corrected chi connectivity index (χ3v) is 4.06. The molecular formula is C18H16BrClO5. The maximum atomic E-state index is 12.2. The molecule has 2 aromatic carbocycles. The topological polar surface area (TPSA) is 61.8 Å². The first kappa shape index (κ1) is 19.3. The average molecular weight is 428 g/mol. The van der Waals surface area contributed by atoms with E-state index < -0.39 is 5.97 Å². The number of carbonyl (C=O) groups is 2. The number of hydrogen-bond donors (Lipinski definition) is 0. The minimum Gasteiger partial charge on any atom is -0.491 e. The standard InChI is InChI=1S/C18H16BrClO5/c1-3-24-16-9-12(8-14(20)17(16)23-2)18(22)25-10-15(21)11-4-6-13(19)7-5-11/h4-9H,3,10H2,1-2H3. The van der Waals surface area contributed by atoms with Crippen molar-refractivity contribution < 1.29 is 23.8 Å². The third kappa shape index (κ3) is 4.96. The Hall–Kier alpha value is -2.05. The van der Waals surface area contributed by atoms with Gasteiger partial charge in [-0.2, -0.15) is 0 Å². The number of Topliss-reactive ketones (excluding diaryl/α,β-unsaturated/α-hetero) is 1. The quantitative estimate of drug-likeness (QED) is 0.479. The molecule has 5 nitrogen and oxygen atoms in total. The molecule has 0 N–H and O–H groups in total. The Kier molecular flexibility index (Phi) is 6.84. The van der Waals surface area contributed by atoms with Gasteiger partial charge in [-0.3, -0.25) is 4.79 Å². The van der Waals surface area contributed by atoms with Crippen LogP contribution < -0.4 is 9.47 Å². The molecule has 7 heteroatoms. The summed E-state index contributed by atoms with van der Waals surface area (Å²) >= 11 is 9.40. The summed E-state index contributed by atoms with van der Waals surface area (Å²) < 4.78 is 16.5. The number of esters is 1. The largest absolute Gasteiger partial charge is 0.491 e. The van der Waals surface area contributed by atoms with Gasteiger partial charge < -0.3 is 14.2 Å². The molecule has 2 aromatic rings. The number of methoxy groups -OCH3 is 1. The molecule has 0 saturated carbocycles. The molecule has 0 amide bonds. The van der Waals surface area contributed by atoms with Crippen molar-refractivity contribution in [3.63, 3.8) is 0 Å². The van der Waals surface area contributed by atoms with Crippen molar-refractivity contribution >= 4 is 39.3 Å². The second kappa shape index (κ2) is 8.87. The molecule has 0 atom stereocenters. The van der Waals surface area contributed by atoms with Crippen molar-refractivity contribution in [2.75, 3.05) is 20.3 Å². The fraction of sp³-hybridized carbons (Fsp3) is 0.222. The monoisotopic (exact) mass is 426 g/mol. The van der Waals surface area contributed by atoms with Crippen LogP contribution in [0.25, 0.3) is 0 Å². The molecule has 0 spiro atoms. The van der Waals surface area contributed by atoms with Gasteiger partial charge in [-0.05, 0) is 31.2 Å². The molecule has 0 aliphatic heterocycles. The van der Waals surface area contributed by atoms with Crippen LogP contribution in [0.15, 0.2) is 40.9 Å². The second-order valence-electron chi connectivity index (χ2n) is 4.93. The van der Waals surface area contributed by atoms with Crippen molar-refractivity contribution in [3.05, 3.63) is 57.0 Å². The summed E-state index contributed by atoms with van der Waals surface area (Å²) in [5.74, 6) is -0.295. The first-order chi connectivity index (χ1) is 12.0. The van der Waals surface area contributed by atoms with E-state index >= 15 is 0 Å². The molecule has 0 aromatic heterocycles. The van der Waals surface area contributed by atoms with E-state index in [4.69, 9.17) is 25.8 Å². The Labute approximate surface area is 159 Å². The maximum Gasteiger partial charge on any atom is 0.338 e. The minimum absolute atomic E-state index is 0.179. The van der Waals surface area contributed by atoms with Crippen LogP contribution in [0.2, 0.25) is 5.02 Å². The van der Waals surface area contributed by atoms with E-state index in [-0.39, 0.29) is 23.0 Å². The summed E-state index contributed by atoms with van der Waals surface area (Å²) in [7, 11) is 1.46. The highest BCUT2D eigenvalue weighted by atomic mass is 79.9. The van der Waals surface area contributed by atoms with Gasteiger partial charge in [0.25, 0.3) is 0 Å². The lowest BCUT2D eigenvalue weighted by molar-refractivity contribution is 0.0474. The zero-order valence-corrected chi connectivity index (χ0v) is 16.0. The normalized spacial score (nSPS) is 10.2. The summed E-state index contributed by atoms with van der Waals surface area (Å²) in [6.07, 6.45) is 0. The predicted molar refractivity (Wildman–Crippen MR) is 97.9 cm³/mol. The second-order valence-corrected chi connectivity index (χ2v) is 6.25. The highest BCUT2D eigenvalue weighted by Gasteiger charge is 2.18. The molecule has 0 unspecified atom stereocenters. The Morgan fingerprint density at radius 1 is 1.12 bits per heavy atom. The van der Waals surface area contributed by atoms with Crippen molar-refractivity contribution in [1.29, 1.82) is 0 Å². The Balaban J connectivity index is 2.10. The fourth-order valence-electron chi connectivity index (χ4n) is 2.08. The summed E-state index contributed by atoms with van der Waals surface area (Å²) in [5.41, 5.74) is 0.636. The smallest absolute Gasteiger partial charge is 0.338 e. The number of carbonyl (C=O) groups excluding carboxylic acids is 2. The SMILES string of the molecule is CCOc1cc(C(=O)OCC(=O)c2ccc(Br)cc2)cc(Cl)c1OC. The van der Waals surface area contributed by atoms with Gasteiger partial charge in [-0.25, -0.2) is 4.79 Å². The Bertz CT molecular complexity index is 774. The molecule has 132 valence electrons. The lowest BCUT2D eigenvalue weighted by Gasteiger charge is -2.12. The van der Waals surface area contributed by atoms with Gasteiger partial charge in [0.2, 0.25) is 0 Å². The molecule has 0 aliphatic rings. The molecule has 0 aliphatic carbocycles. The number of ether oxygens (including phenoxy) is 3. The van der Waals surface area contributed by atoms with Crippen LogP contribution in [0.5, 0.6) is 11.5 Å². The van der Waals surface area contributed by atoms with Gasteiger partial charge in [-0.15, -0.1) is 0 Å². The first-order valence-electron chi connectivity index (χ1n) is 7.42. The Morgan fingerprint density at radius 3 is 2.40 bits per heavy atom. The number of benzene rings is 2. The lowest BCUT2D eigenvalue weighted by atomic mass is 10.1. The molecule has 0 heterocycles. The van der Waals surface area contributed by atoms with Gasteiger partial charge in [0.15, 0.2) is 23.9 Å². The molecular weight excluding hydrogens is 412 g/mol. The zero-order chi connectivity index (χ0) is 18.4. The van der Waals surface area contributed by atoms with Crippen LogP contribution in [0.3, 0.4) is 0 Å².